The third-order valence-corrected chi connectivity index (χ3v) is 5.97. The van der Waals surface area contributed by atoms with Gasteiger partial charge in [-0.25, -0.2) is 4.98 Å². The number of nitrogens with one attached hydrogen (secondary N) is 2. The predicted octanol–water partition coefficient (Wildman–Crippen LogP) is 3.63. The molecule has 0 radical (unpaired) electrons. The van der Waals surface area contributed by atoms with Crippen molar-refractivity contribution >= 4 is 22.8 Å². The Labute approximate surface area is 183 Å². The van der Waals surface area contributed by atoms with Gasteiger partial charge in [-0.1, -0.05) is 31.9 Å². The molecule has 31 heavy (non-hydrogen) atoms. The molecule has 8 nitrogen and oxygen atoms in total. The van der Waals surface area contributed by atoms with Crippen LogP contribution in [0, 0.1) is 6.92 Å². The number of rotatable bonds is 10. The Hall–Kier alpha value is -2.87. The number of nitrogens with zero attached hydrogens (tertiary/aromatic N) is 4. The molecule has 1 saturated carbocycles. The maximum Gasteiger partial charge on any atom is 0.222 e. The van der Waals surface area contributed by atoms with E-state index in [9.17, 15) is 0 Å². The van der Waals surface area contributed by atoms with Gasteiger partial charge < -0.3 is 21.1 Å². The lowest BCUT2D eigenvalue weighted by atomic mass is 9.93. The zero-order valence-electron chi connectivity index (χ0n) is 18.7. The predicted molar refractivity (Wildman–Crippen MR) is 124 cm³/mol. The topological polar surface area (TPSA) is 103 Å². The van der Waals surface area contributed by atoms with Gasteiger partial charge in [0.15, 0.2) is 5.82 Å². The van der Waals surface area contributed by atoms with E-state index in [0.717, 1.165) is 59.8 Å². The summed E-state index contributed by atoms with van der Waals surface area (Å²) in [5, 5.41) is 11.8. The summed E-state index contributed by atoms with van der Waals surface area (Å²) in [6, 6.07) is 7.07. The number of ether oxygens (including phenoxy) is 1. The van der Waals surface area contributed by atoms with Gasteiger partial charge in [0.05, 0.1) is 19.3 Å². The van der Waals surface area contributed by atoms with Crippen LogP contribution < -0.4 is 21.1 Å². The van der Waals surface area contributed by atoms with E-state index in [0.29, 0.717) is 12.6 Å². The number of aromatic nitrogens is 4. The first kappa shape index (κ1) is 21.4. The molecule has 2 heterocycles. The van der Waals surface area contributed by atoms with Gasteiger partial charge in [0.25, 0.3) is 0 Å². The fourth-order valence-corrected chi connectivity index (χ4v) is 3.93. The van der Waals surface area contributed by atoms with Crippen LogP contribution >= 0.6 is 0 Å². The summed E-state index contributed by atoms with van der Waals surface area (Å²) in [7, 11) is 1.72. The Balaban J connectivity index is 1.61. The summed E-state index contributed by atoms with van der Waals surface area (Å²) in [5.74, 6) is 1.86. The van der Waals surface area contributed by atoms with Gasteiger partial charge in [-0.15, -0.1) is 0 Å². The zero-order chi connectivity index (χ0) is 21.8. The Morgan fingerprint density at radius 3 is 2.81 bits per heavy atom. The highest BCUT2D eigenvalue weighted by Gasteiger charge is 2.18. The molecule has 1 fully saturated rings. The first-order valence-electron chi connectivity index (χ1n) is 11.2. The van der Waals surface area contributed by atoms with Gasteiger partial charge in [0.2, 0.25) is 5.95 Å². The summed E-state index contributed by atoms with van der Waals surface area (Å²) in [5.41, 5.74) is 10.8. The van der Waals surface area contributed by atoms with E-state index in [1.54, 1.807) is 7.11 Å². The van der Waals surface area contributed by atoms with Gasteiger partial charge >= 0.3 is 0 Å². The quantitative estimate of drug-likeness (QED) is 0.428. The lowest BCUT2D eigenvalue weighted by Gasteiger charge is -2.26. The molecule has 8 heteroatoms. The van der Waals surface area contributed by atoms with Crippen molar-refractivity contribution in [2.24, 2.45) is 0 Å². The molecule has 0 spiro atoms. The van der Waals surface area contributed by atoms with Gasteiger partial charge in [-0.3, -0.25) is 4.68 Å². The first-order valence-corrected chi connectivity index (χ1v) is 11.2. The largest absolute Gasteiger partial charge is 0.496 e. The standard InChI is InChI=1S/C23H33N7O/c1-4-5-11-25-22-21-20(27-23(24)28-22)15(2)29-30(21)14-17-10-9-16(12-19(17)31-3)13-26-18-7-6-8-18/h9-10,12,18,26H,4-8,11,13-14H2,1-3H3,(H3,24,25,27,28). The second-order valence-corrected chi connectivity index (χ2v) is 8.31. The number of nitrogens with two attached hydrogens (primary N) is 1. The van der Waals surface area contributed by atoms with Crippen LogP contribution in [-0.4, -0.2) is 39.4 Å². The Kier molecular flexibility index (Phi) is 6.56. The molecule has 0 saturated heterocycles. The zero-order valence-corrected chi connectivity index (χ0v) is 18.7. The molecule has 3 aromatic rings. The lowest BCUT2D eigenvalue weighted by Crippen LogP contribution is -2.34. The van der Waals surface area contributed by atoms with E-state index in [2.05, 4.69) is 45.7 Å². The second-order valence-electron chi connectivity index (χ2n) is 8.31. The average Bonchev–Trinajstić information content (AvgIpc) is 3.03. The maximum atomic E-state index is 5.96. The molecular formula is C23H33N7O. The lowest BCUT2D eigenvalue weighted by molar-refractivity contribution is 0.338. The van der Waals surface area contributed by atoms with Crippen molar-refractivity contribution in [1.82, 2.24) is 25.1 Å². The highest BCUT2D eigenvalue weighted by Crippen LogP contribution is 2.28. The number of hydrogen-bond acceptors (Lipinski definition) is 7. The number of aryl methyl sites for hydroxylation is 1. The van der Waals surface area contributed by atoms with Crippen LogP contribution in [0.15, 0.2) is 18.2 Å². The van der Waals surface area contributed by atoms with Crippen LogP contribution in [0.4, 0.5) is 11.8 Å². The molecule has 0 amide bonds. The summed E-state index contributed by atoms with van der Waals surface area (Å²) in [6.45, 7) is 6.38. The first-order chi connectivity index (χ1) is 15.1. The molecular weight excluding hydrogens is 390 g/mol. The number of nitrogen functional groups attached to an aromatic ring is 1. The van der Waals surface area contributed by atoms with E-state index in [1.165, 1.54) is 24.8 Å². The minimum atomic E-state index is 0.259. The molecule has 4 N–H and O–H groups in total. The minimum Gasteiger partial charge on any atom is -0.496 e. The fourth-order valence-electron chi connectivity index (χ4n) is 3.93. The van der Waals surface area contributed by atoms with Crippen molar-refractivity contribution in [3.8, 4) is 5.75 Å². The highest BCUT2D eigenvalue weighted by atomic mass is 16.5. The number of benzene rings is 1. The van der Waals surface area contributed by atoms with Crippen molar-refractivity contribution in [3.05, 3.63) is 35.0 Å². The number of methoxy groups -OCH3 is 1. The van der Waals surface area contributed by atoms with E-state index in [-0.39, 0.29) is 5.95 Å². The van der Waals surface area contributed by atoms with Gasteiger partial charge in [0, 0.05) is 24.7 Å². The minimum absolute atomic E-state index is 0.259. The molecule has 1 aliphatic carbocycles. The monoisotopic (exact) mass is 423 g/mol. The summed E-state index contributed by atoms with van der Waals surface area (Å²) >= 11 is 0. The summed E-state index contributed by atoms with van der Waals surface area (Å²) in [4.78, 5) is 8.90. The van der Waals surface area contributed by atoms with Crippen LogP contribution in [0.1, 0.15) is 55.8 Å². The Bertz CT molecular complexity index is 1040. The molecule has 4 rings (SSSR count). The molecule has 2 aromatic heterocycles. The molecule has 166 valence electrons. The summed E-state index contributed by atoms with van der Waals surface area (Å²) in [6.07, 6.45) is 6.06. The van der Waals surface area contributed by atoms with Crippen molar-refractivity contribution in [2.45, 2.75) is 65.1 Å². The van der Waals surface area contributed by atoms with Crippen molar-refractivity contribution in [2.75, 3.05) is 24.7 Å². The van der Waals surface area contributed by atoms with Crippen LogP contribution in [0.25, 0.3) is 11.0 Å². The molecule has 0 unspecified atom stereocenters. The fraction of sp³-hybridized carbons (Fsp3) is 0.522. The highest BCUT2D eigenvalue weighted by molar-refractivity contribution is 5.88. The van der Waals surface area contributed by atoms with E-state index < -0.39 is 0 Å². The SMILES string of the molecule is CCCCNc1nc(N)nc2c(C)nn(Cc3ccc(CNC4CCC4)cc3OC)c12. The Morgan fingerprint density at radius 2 is 2.10 bits per heavy atom. The summed E-state index contributed by atoms with van der Waals surface area (Å²) < 4.78 is 7.66. The third-order valence-electron chi connectivity index (χ3n) is 5.97. The average molecular weight is 424 g/mol. The number of hydrogen-bond donors (Lipinski definition) is 3. The van der Waals surface area contributed by atoms with E-state index in [4.69, 9.17) is 15.6 Å². The van der Waals surface area contributed by atoms with Gasteiger partial charge in [-0.2, -0.15) is 10.1 Å². The van der Waals surface area contributed by atoms with Crippen LogP contribution in [0.5, 0.6) is 5.75 Å². The van der Waals surface area contributed by atoms with E-state index >= 15 is 0 Å². The number of fused-ring (bicyclic) bond motifs is 1. The van der Waals surface area contributed by atoms with Crippen molar-refractivity contribution < 1.29 is 4.74 Å². The number of anilines is 2. The molecule has 0 bridgehead atoms. The van der Waals surface area contributed by atoms with Gasteiger partial charge in [-0.05, 0) is 37.8 Å². The maximum absolute atomic E-state index is 5.96. The van der Waals surface area contributed by atoms with E-state index in [1.807, 2.05) is 11.6 Å². The second kappa shape index (κ2) is 9.51. The normalized spacial score (nSPS) is 14.0. The molecule has 1 aromatic carbocycles. The molecule has 1 aliphatic rings. The van der Waals surface area contributed by atoms with Crippen LogP contribution in [-0.2, 0) is 13.1 Å². The van der Waals surface area contributed by atoms with Crippen molar-refractivity contribution in [1.29, 1.82) is 0 Å². The van der Waals surface area contributed by atoms with Crippen LogP contribution in [0.2, 0.25) is 0 Å². The van der Waals surface area contributed by atoms with Gasteiger partial charge in [0.1, 0.15) is 16.8 Å². The third kappa shape index (κ3) is 4.74. The molecule has 0 aliphatic heterocycles. The smallest absolute Gasteiger partial charge is 0.222 e. The van der Waals surface area contributed by atoms with Crippen LogP contribution in [0.3, 0.4) is 0 Å². The van der Waals surface area contributed by atoms with Crippen molar-refractivity contribution in [3.63, 3.8) is 0 Å². The number of unbranched alkanes of at least 4 members (excludes halogenated alkanes) is 1. The Morgan fingerprint density at radius 1 is 1.26 bits per heavy atom. The molecule has 0 atom stereocenters.